The molecule has 0 radical (unpaired) electrons. The standard InChI is InChI=1S/C10H11F3N2O/c1-6(16)15-8-4-2-7(3-5-8)9(14)10(11,12)13/h2-5,9H,14H2,1H3,(H,15,16). The van der Waals surface area contributed by atoms with E-state index in [9.17, 15) is 18.0 Å². The molecule has 1 aromatic rings. The van der Waals surface area contributed by atoms with E-state index >= 15 is 0 Å². The van der Waals surface area contributed by atoms with Crippen LogP contribution in [0.1, 0.15) is 18.5 Å². The predicted octanol–water partition coefficient (Wildman–Crippen LogP) is 2.21. The molecule has 0 aromatic heterocycles. The van der Waals surface area contributed by atoms with Crippen molar-refractivity contribution < 1.29 is 18.0 Å². The van der Waals surface area contributed by atoms with E-state index < -0.39 is 12.2 Å². The highest BCUT2D eigenvalue weighted by Gasteiger charge is 2.37. The van der Waals surface area contributed by atoms with E-state index in [4.69, 9.17) is 5.73 Å². The maximum Gasteiger partial charge on any atom is 0.407 e. The molecule has 0 aliphatic heterocycles. The second-order valence-corrected chi connectivity index (χ2v) is 3.32. The van der Waals surface area contributed by atoms with Crippen molar-refractivity contribution in [2.24, 2.45) is 5.73 Å². The number of amides is 1. The van der Waals surface area contributed by atoms with Crippen LogP contribution in [0.5, 0.6) is 0 Å². The molecule has 1 amide bonds. The number of carbonyl (C=O) groups excluding carboxylic acids is 1. The highest BCUT2D eigenvalue weighted by molar-refractivity contribution is 5.88. The van der Waals surface area contributed by atoms with Crippen LogP contribution in [0.15, 0.2) is 24.3 Å². The molecule has 0 spiro atoms. The van der Waals surface area contributed by atoms with Gasteiger partial charge in [0.15, 0.2) is 0 Å². The summed E-state index contributed by atoms with van der Waals surface area (Å²) in [5.74, 6) is -0.284. The van der Waals surface area contributed by atoms with E-state index in [-0.39, 0.29) is 11.5 Å². The van der Waals surface area contributed by atoms with Crippen LogP contribution in [-0.4, -0.2) is 12.1 Å². The van der Waals surface area contributed by atoms with Crippen LogP contribution in [0.25, 0.3) is 0 Å². The molecule has 0 saturated heterocycles. The second kappa shape index (κ2) is 4.52. The molecule has 1 aromatic carbocycles. The van der Waals surface area contributed by atoms with Gasteiger partial charge in [0.1, 0.15) is 6.04 Å². The molecule has 16 heavy (non-hydrogen) atoms. The number of nitrogens with two attached hydrogens (primary N) is 1. The second-order valence-electron chi connectivity index (χ2n) is 3.32. The number of halogens is 3. The minimum atomic E-state index is -4.46. The van der Waals surface area contributed by atoms with E-state index in [0.717, 1.165) is 0 Å². The predicted molar refractivity (Wildman–Crippen MR) is 53.7 cm³/mol. The Bertz CT molecular complexity index is 373. The van der Waals surface area contributed by atoms with E-state index in [0.29, 0.717) is 5.69 Å². The van der Waals surface area contributed by atoms with Gasteiger partial charge in [0, 0.05) is 12.6 Å². The summed E-state index contributed by atoms with van der Waals surface area (Å²) in [5, 5.41) is 2.45. The summed E-state index contributed by atoms with van der Waals surface area (Å²) in [6, 6.07) is 3.23. The first-order chi connectivity index (χ1) is 7.30. The summed E-state index contributed by atoms with van der Waals surface area (Å²) in [7, 11) is 0. The number of anilines is 1. The molecule has 0 aliphatic rings. The monoisotopic (exact) mass is 232 g/mol. The Labute approximate surface area is 90.4 Å². The fourth-order valence-electron chi connectivity index (χ4n) is 1.17. The maximum atomic E-state index is 12.3. The number of nitrogens with one attached hydrogen (secondary N) is 1. The highest BCUT2D eigenvalue weighted by Crippen LogP contribution is 2.30. The number of carbonyl (C=O) groups is 1. The van der Waals surface area contributed by atoms with Crippen molar-refractivity contribution in [2.45, 2.75) is 19.1 Å². The molecule has 0 aliphatic carbocycles. The smallest absolute Gasteiger partial charge is 0.326 e. The first-order valence-corrected chi connectivity index (χ1v) is 4.50. The number of hydrogen-bond donors (Lipinski definition) is 2. The summed E-state index contributed by atoms with van der Waals surface area (Å²) in [6.07, 6.45) is -4.46. The van der Waals surface area contributed by atoms with Crippen LogP contribution in [0.2, 0.25) is 0 Å². The van der Waals surface area contributed by atoms with Crippen LogP contribution in [0.4, 0.5) is 18.9 Å². The van der Waals surface area contributed by atoms with Crippen molar-refractivity contribution in [1.29, 1.82) is 0 Å². The van der Waals surface area contributed by atoms with Gasteiger partial charge in [0.05, 0.1) is 0 Å². The van der Waals surface area contributed by atoms with Crippen LogP contribution >= 0.6 is 0 Å². The molecule has 3 nitrogen and oxygen atoms in total. The molecule has 0 bridgehead atoms. The summed E-state index contributed by atoms with van der Waals surface area (Å²) in [6.45, 7) is 1.31. The van der Waals surface area contributed by atoms with E-state index in [1.165, 1.54) is 31.2 Å². The van der Waals surface area contributed by atoms with E-state index in [1.807, 2.05) is 0 Å². The molecule has 88 valence electrons. The Kier molecular flexibility index (Phi) is 3.54. The Morgan fingerprint density at radius 1 is 1.31 bits per heavy atom. The number of alkyl halides is 3. The zero-order chi connectivity index (χ0) is 12.3. The van der Waals surface area contributed by atoms with E-state index in [1.54, 1.807) is 0 Å². The van der Waals surface area contributed by atoms with Crippen molar-refractivity contribution in [3.05, 3.63) is 29.8 Å². The van der Waals surface area contributed by atoms with Gasteiger partial charge in [-0.05, 0) is 17.7 Å². The molecule has 0 fully saturated rings. The molecule has 1 atom stereocenters. The summed E-state index contributed by atoms with van der Waals surface area (Å²) < 4.78 is 36.8. The zero-order valence-electron chi connectivity index (χ0n) is 8.51. The van der Waals surface area contributed by atoms with Gasteiger partial charge in [-0.25, -0.2) is 0 Å². The fraction of sp³-hybridized carbons (Fsp3) is 0.300. The average Bonchev–Trinajstić information content (AvgIpc) is 2.15. The lowest BCUT2D eigenvalue weighted by atomic mass is 10.1. The fourth-order valence-corrected chi connectivity index (χ4v) is 1.17. The van der Waals surface area contributed by atoms with Crippen LogP contribution < -0.4 is 11.1 Å². The Morgan fingerprint density at radius 3 is 2.19 bits per heavy atom. The Morgan fingerprint density at radius 2 is 1.81 bits per heavy atom. The number of hydrogen-bond acceptors (Lipinski definition) is 2. The van der Waals surface area contributed by atoms with Crippen LogP contribution in [0.3, 0.4) is 0 Å². The van der Waals surface area contributed by atoms with Gasteiger partial charge >= 0.3 is 6.18 Å². The highest BCUT2D eigenvalue weighted by atomic mass is 19.4. The van der Waals surface area contributed by atoms with Crippen LogP contribution in [-0.2, 0) is 4.79 Å². The number of benzene rings is 1. The van der Waals surface area contributed by atoms with Gasteiger partial charge < -0.3 is 11.1 Å². The van der Waals surface area contributed by atoms with Gasteiger partial charge in [0.2, 0.25) is 5.91 Å². The Hall–Kier alpha value is -1.56. The molecular weight excluding hydrogens is 221 g/mol. The maximum absolute atomic E-state index is 12.3. The molecule has 0 saturated carbocycles. The largest absolute Gasteiger partial charge is 0.407 e. The topological polar surface area (TPSA) is 55.1 Å². The van der Waals surface area contributed by atoms with Crippen molar-refractivity contribution in [2.75, 3.05) is 5.32 Å². The summed E-state index contributed by atoms with van der Waals surface area (Å²) in [4.78, 5) is 10.7. The Balaban J connectivity index is 2.83. The third-order valence-electron chi connectivity index (χ3n) is 1.94. The first-order valence-electron chi connectivity index (χ1n) is 4.50. The lowest BCUT2D eigenvalue weighted by Crippen LogP contribution is -2.28. The van der Waals surface area contributed by atoms with Gasteiger partial charge in [0.25, 0.3) is 0 Å². The van der Waals surface area contributed by atoms with Gasteiger partial charge in [-0.3, -0.25) is 4.79 Å². The van der Waals surface area contributed by atoms with Gasteiger partial charge in [-0.2, -0.15) is 13.2 Å². The van der Waals surface area contributed by atoms with Gasteiger partial charge in [-0.15, -0.1) is 0 Å². The first kappa shape index (κ1) is 12.5. The van der Waals surface area contributed by atoms with Gasteiger partial charge in [-0.1, -0.05) is 12.1 Å². The quantitative estimate of drug-likeness (QED) is 0.821. The third-order valence-corrected chi connectivity index (χ3v) is 1.94. The molecule has 1 rings (SSSR count). The lowest BCUT2D eigenvalue weighted by Gasteiger charge is -2.16. The molecular formula is C10H11F3N2O. The average molecular weight is 232 g/mol. The minimum Gasteiger partial charge on any atom is -0.326 e. The SMILES string of the molecule is CC(=O)Nc1ccc(C(N)C(F)(F)F)cc1. The van der Waals surface area contributed by atoms with Crippen molar-refractivity contribution >= 4 is 11.6 Å². The number of rotatable bonds is 2. The van der Waals surface area contributed by atoms with Crippen molar-refractivity contribution in [3.63, 3.8) is 0 Å². The summed E-state index contributed by atoms with van der Waals surface area (Å²) in [5.41, 5.74) is 5.41. The molecule has 3 N–H and O–H groups in total. The van der Waals surface area contributed by atoms with Crippen molar-refractivity contribution in [1.82, 2.24) is 0 Å². The van der Waals surface area contributed by atoms with Crippen molar-refractivity contribution in [3.8, 4) is 0 Å². The molecule has 6 heteroatoms. The summed E-state index contributed by atoms with van der Waals surface area (Å²) >= 11 is 0. The van der Waals surface area contributed by atoms with E-state index in [2.05, 4.69) is 5.32 Å². The minimum absolute atomic E-state index is 0.0402. The molecule has 1 unspecified atom stereocenters. The molecule has 0 heterocycles. The lowest BCUT2D eigenvalue weighted by molar-refractivity contribution is -0.149. The third kappa shape index (κ3) is 3.23. The zero-order valence-corrected chi connectivity index (χ0v) is 8.51. The normalized spacial score (nSPS) is 13.3. The van der Waals surface area contributed by atoms with Crippen LogP contribution in [0, 0.1) is 0 Å².